The number of aliphatic hydroxyl groups is 1. The minimum Gasteiger partial charge on any atom is -0.507 e. The summed E-state index contributed by atoms with van der Waals surface area (Å²) in [5.74, 6) is -0.435. The fraction of sp³-hybridized carbons (Fsp3) is 0.143. The molecule has 5 aromatic rings. The van der Waals surface area contributed by atoms with E-state index in [2.05, 4.69) is 10.2 Å². The number of carbonyl (C=O) groups is 2. The molecule has 0 saturated carbocycles. The van der Waals surface area contributed by atoms with Gasteiger partial charge >= 0.3 is 5.91 Å². The fourth-order valence-corrected chi connectivity index (χ4v) is 7.18. The zero-order valence-electron chi connectivity index (χ0n) is 24.6. The summed E-state index contributed by atoms with van der Waals surface area (Å²) in [5.41, 5.74) is 2.81. The molecular formula is C35H28ClN3O5S2. The quantitative estimate of drug-likeness (QED) is 0.0495. The molecule has 0 bridgehead atoms. The van der Waals surface area contributed by atoms with Crippen LogP contribution in [0.4, 0.5) is 5.13 Å². The minimum absolute atomic E-state index is 0.0583. The number of halogens is 1. The van der Waals surface area contributed by atoms with Crippen molar-refractivity contribution in [2.45, 2.75) is 29.7 Å². The van der Waals surface area contributed by atoms with E-state index in [0.717, 1.165) is 11.1 Å². The van der Waals surface area contributed by atoms with E-state index < -0.39 is 17.7 Å². The standard InChI is InChI=1S/C35H28ClN3O5S2/c1-2-43-28-19-24(17-18-27(28)44-20-22-11-5-3-6-12-22)30-29(31(40)23-13-7-4-8-14-23)32(41)33(42)39(30)34-37-38-35(46-34)45-21-25-15-9-10-16-26(25)36/h3-19,30,40H,2,20-21H2,1H3/b31-29+. The zero-order chi connectivity index (χ0) is 32.0. The van der Waals surface area contributed by atoms with Gasteiger partial charge in [-0.15, -0.1) is 10.2 Å². The van der Waals surface area contributed by atoms with Gasteiger partial charge in [-0.05, 0) is 41.8 Å². The van der Waals surface area contributed by atoms with Crippen LogP contribution in [0.1, 0.15) is 35.2 Å². The lowest BCUT2D eigenvalue weighted by Crippen LogP contribution is -2.29. The van der Waals surface area contributed by atoms with Crippen LogP contribution in [0, 0.1) is 0 Å². The van der Waals surface area contributed by atoms with Crippen LogP contribution in [0.5, 0.6) is 11.5 Å². The topological polar surface area (TPSA) is 102 Å². The zero-order valence-corrected chi connectivity index (χ0v) is 27.0. The number of amides is 1. The smallest absolute Gasteiger partial charge is 0.301 e. The van der Waals surface area contributed by atoms with Crippen LogP contribution in [0.2, 0.25) is 5.02 Å². The predicted molar refractivity (Wildman–Crippen MR) is 181 cm³/mol. The molecule has 1 saturated heterocycles. The average Bonchev–Trinajstić information content (AvgIpc) is 3.66. The van der Waals surface area contributed by atoms with Gasteiger partial charge in [-0.2, -0.15) is 0 Å². The van der Waals surface area contributed by atoms with Crippen LogP contribution < -0.4 is 14.4 Å². The van der Waals surface area contributed by atoms with Crippen molar-refractivity contribution >= 4 is 57.3 Å². The van der Waals surface area contributed by atoms with Crippen molar-refractivity contribution in [1.82, 2.24) is 10.2 Å². The van der Waals surface area contributed by atoms with Gasteiger partial charge in [0.2, 0.25) is 5.13 Å². The molecule has 1 aromatic heterocycles. The lowest BCUT2D eigenvalue weighted by molar-refractivity contribution is -0.132. The molecule has 4 aromatic carbocycles. The van der Waals surface area contributed by atoms with Gasteiger partial charge in [0, 0.05) is 16.3 Å². The molecule has 232 valence electrons. The Bertz CT molecular complexity index is 1900. The lowest BCUT2D eigenvalue weighted by atomic mass is 9.95. The van der Waals surface area contributed by atoms with Crippen LogP contribution in [0.25, 0.3) is 5.76 Å². The maximum Gasteiger partial charge on any atom is 0.301 e. The normalized spacial score (nSPS) is 15.7. The van der Waals surface area contributed by atoms with Crippen LogP contribution in [0.3, 0.4) is 0 Å². The second-order valence-electron chi connectivity index (χ2n) is 10.2. The Kier molecular flexibility index (Phi) is 9.68. The largest absolute Gasteiger partial charge is 0.507 e. The number of aromatic nitrogens is 2. The first-order valence-corrected chi connectivity index (χ1v) is 16.6. The molecule has 0 spiro atoms. The summed E-state index contributed by atoms with van der Waals surface area (Å²) in [6, 6.07) is 30.2. The van der Waals surface area contributed by atoms with Gasteiger partial charge in [0.05, 0.1) is 18.2 Å². The lowest BCUT2D eigenvalue weighted by Gasteiger charge is -2.23. The Hall–Kier alpha value is -4.64. The highest BCUT2D eigenvalue weighted by Crippen LogP contribution is 2.46. The maximum atomic E-state index is 13.7. The third-order valence-corrected chi connectivity index (χ3v) is 9.70. The number of aliphatic hydroxyl groups excluding tert-OH is 1. The molecule has 1 N–H and O–H groups in total. The number of benzene rings is 4. The van der Waals surface area contributed by atoms with E-state index in [1.54, 1.807) is 48.5 Å². The number of Topliss-reactive ketones (excluding diaryl/α,β-unsaturated/α-hetero) is 1. The van der Waals surface area contributed by atoms with Gasteiger partial charge in [0.15, 0.2) is 15.8 Å². The third kappa shape index (κ3) is 6.64. The summed E-state index contributed by atoms with van der Waals surface area (Å²) < 4.78 is 12.7. The van der Waals surface area contributed by atoms with Gasteiger partial charge in [-0.25, -0.2) is 0 Å². The van der Waals surface area contributed by atoms with E-state index >= 15 is 0 Å². The molecule has 1 amide bonds. The van der Waals surface area contributed by atoms with Crippen LogP contribution in [0.15, 0.2) is 113 Å². The minimum atomic E-state index is -1.00. The molecule has 11 heteroatoms. The van der Waals surface area contributed by atoms with Crippen molar-refractivity contribution < 1.29 is 24.2 Å². The van der Waals surface area contributed by atoms with E-state index in [9.17, 15) is 14.7 Å². The third-order valence-electron chi connectivity index (χ3n) is 7.22. The Balaban J connectivity index is 1.39. The number of thioether (sulfide) groups is 1. The van der Waals surface area contributed by atoms with Gasteiger partial charge in [-0.1, -0.05) is 120 Å². The second kappa shape index (κ2) is 14.2. The molecule has 1 aliphatic heterocycles. The molecule has 1 atom stereocenters. The van der Waals surface area contributed by atoms with Crippen LogP contribution >= 0.6 is 34.7 Å². The highest BCUT2D eigenvalue weighted by molar-refractivity contribution is 8.00. The Labute approximate surface area is 279 Å². The molecule has 46 heavy (non-hydrogen) atoms. The Morgan fingerprint density at radius 2 is 1.63 bits per heavy atom. The number of rotatable bonds is 11. The number of nitrogens with zero attached hydrogens (tertiary/aromatic N) is 3. The van der Waals surface area contributed by atoms with Gasteiger partial charge in [0.1, 0.15) is 12.4 Å². The van der Waals surface area contributed by atoms with Crippen molar-refractivity contribution in [1.29, 1.82) is 0 Å². The predicted octanol–water partition coefficient (Wildman–Crippen LogP) is 8.09. The molecule has 1 aliphatic rings. The summed E-state index contributed by atoms with van der Waals surface area (Å²) >= 11 is 8.94. The molecule has 0 radical (unpaired) electrons. The number of ether oxygens (including phenoxy) is 2. The summed E-state index contributed by atoms with van der Waals surface area (Å²) in [7, 11) is 0. The van der Waals surface area contributed by atoms with Crippen molar-refractivity contribution in [2.24, 2.45) is 0 Å². The molecular weight excluding hydrogens is 642 g/mol. The summed E-state index contributed by atoms with van der Waals surface area (Å²) in [6.45, 7) is 2.54. The molecule has 2 heterocycles. The number of anilines is 1. The Morgan fingerprint density at radius 1 is 0.913 bits per heavy atom. The SMILES string of the molecule is CCOc1cc(C2/C(=C(\O)c3ccccc3)C(=O)C(=O)N2c2nnc(SCc3ccccc3Cl)s2)ccc1OCc1ccccc1. The van der Waals surface area contributed by atoms with Crippen molar-refractivity contribution in [3.8, 4) is 11.5 Å². The average molecular weight is 670 g/mol. The second-order valence-corrected chi connectivity index (χ2v) is 12.8. The maximum absolute atomic E-state index is 13.7. The van der Waals surface area contributed by atoms with Crippen LogP contribution in [-0.4, -0.2) is 33.6 Å². The first-order valence-electron chi connectivity index (χ1n) is 14.4. The Morgan fingerprint density at radius 3 is 2.37 bits per heavy atom. The van der Waals surface area contributed by atoms with Crippen molar-refractivity contribution in [3.05, 3.63) is 136 Å². The number of hydrogen-bond acceptors (Lipinski definition) is 9. The van der Waals surface area contributed by atoms with Gasteiger partial charge in [0.25, 0.3) is 5.78 Å². The highest BCUT2D eigenvalue weighted by atomic mass is 35.5. The number of hydrogen-bond donors (Lipinski definition) is 1. The van der Waals surface area contributed by atoms with Gasteiger partial charge < -0.3 is 14.6 Å². The molecule has 1 unspecified atom stereocenters. The van der Waals surface area contributed by atoms with E-state index in [-0.39, 0.29) is 16.5 Å². The number of ketones is 1. The first-order chi connectivity index (χ1) is 22.4. The highest BCUT2D eigenvalue weighted by Gasteiger charge is 2.48. The van der Waals surface area contributed by atoms with Crippen molar-refractivity contribution in [3.63, 3.8) is 0 Å². The first kappa shape index (κ1) is 31.3. The molecule has 6 rings (SSSR count). The van der Waals surface area contributed by atoms with E-state index in [4.69, 9.17) is 21.1 Å². The van der Waals surface area contributed by atoms with Crippen molar-refractivity contribution in [2.75, 3.05) is 11.5 Å². The molecule has 0 aliphatic carbocycles. The van der Waals surface area contributed by atoms with E-state index in [1.165, 1.54) is 28.0 Å². The molecule has 1 fully saturated rings. The fourth-order valence-electron chi connectivity index (χ4n) is 5.03. The van der Waals surface area contributed by atoms with E-state index in [1.807, 2.05) is 61.5 Å². The molecule has 8 nitrogen and oxygen atoms in total. The van der Waals surface area contributed by atoms with Crippen LogP contribution in [-0.2, 0) is 21.9 Å². The van der Waals surface area contributed by atoms with Gasteiger partial charge in [-0.3, -0.25) is 14.5 Å². The summed E-state index contributed by atoms with van der Waals surface area (Å²) in [6.07, 6.45) is 0. The van der Waals surface area contributed by atoms with E-state index in [0.29, 0.717) is 51.0 Å². The summed E-state index contributed by atoms with van der Waals surface area (Å²) in [5, 5.41) is 20.9. The number of carbonyl (C=O) groups excluding carboxylic acids is 2. The monoisotopic (exact) mass is 669 g/mol. The summed E-state index contributed by atoms with van der Waals surface area (Å²) in [4.78, 5) is 28.6.